The number of fused-ring (bicyclic) bond motifs is 1. The van der Waals surface area contributed by atoms with Gasteiger partial charge >= 0.3 is 18.3 Å². The van der Waals surface area contributed by atoms with Crippen molar-refractivity contribution in [3.05, 3.63) is 66.0 Å². The van der Waals surface area contributed by atoms with Gasteiger partial charge in [-0.15, -0.1) is 0 Å². The summed E-state index contributed by atoms with van der Waals surface area (Å²) < 4.78 is 45.8. The van der Waals surface area contributed by atoms with Crippen LogP contribution in [0.5, 0.6) is 0 Å². The van der Waals surface area contributed by atoms with E-state index in [1.54, 1.807) is 39.0 Å². The van der Waals surface area contributed by atoms with Crippen LogP contribution in [-0.2, 0) is 32.0 Å². The first kappa shape index (κ1) is 37.1. The van der Waals surface area contributed by atoms with Crippen molar-refractivity contribution < 1.29 is 41.9 Å². The van der Waals surface area contributed by atoms with Crippen LogP contribution in [0, 0.1) is 0 Å². The van der Waals surface area contributed by atoms with E-state index >= 15 is 0 Å². The van der Waals surface area contributed by atoms with E-state index in [9.17, 15) is 37.1 Å². The summed E-state index contributed by atoms with van der Waals surface area (Å²) in [6.07, 6.45) is -3.22. The number of alkyl halides is 3. The molecule has 2 aliphatic heterocycles. The standard InChI is InChI=1S/C34H43F3N6O6/c1-31(2,3)49-29(47)40-32(4,5)27(45)39-25(16-11-14-23-12-7-6-8-13-23)26(44)41-18-19-43-30(48)42(22-34(35,36)37)28(46)33(43,21-41)20-24-15-9-10-17-38-24/h6-10,12-13,15,17,25H,11,14,16,18-22H2,1-5H3,(H,39,45)(H,40,47)/t25-,33+/m1/s1. The topological polar surface area (TPSA) is 141 Å². The zero-order valence-electron chi connectivity index (χ0n) is 28.3. The van der Waals surface area contributed by atoms with Gasteiger partial charge in [-0.05, 0) is 71.6 Å². The Hall–Kier alpha value is -4.69. The highest BCUT2D eigenvalue weighted by Crippen LogP contribution is 2.36. The third kappa shape index (κ3) is 9.27. The van der Waals surface area contributed by atoms with E-state index in [0.29, 0.717) is 18.5 Å². The zero-order chi connectivity index (χ0) is 36.2. The van der Waals surface area contributed by atoms with Gasteiger partial charge in [0.1, 0.15) is 29.3 Å². The van der Waals surface area contributed by atoms with Crippen LogP contribution in [-0.4, -0.2) is 105 Å². The van der Waals surface area contributed by atoms with Crippen LogP contribution in [0.15, 0.2) is 54.7 Å². The minimum atomic E-state index is -4.84. The van der Waals surface area contributed by atoms with Crippen LogP contribution >= 0.6 is 0 Å². The second kappa shape index (κ2) is 14.4. The van der Waals surface area contributed by atoms with Gasteiger partial charge in [0.05, 0.1) is 6.54 Å². The quantitative estimate of drug-likeness (QED) is 0.342. The summed E-state index contributed by atoms with van der Waals surface area (Å²) in [5.74, 6) is -2.34. The van der Waals surface area contributed by atoms with Gasteiger partial charge in [0.15, 0.2) is 0 Å². The number of ether oxygens (including phenoxy) is 1. The van der Waals surface area contributed by atoms with E-state index in [-0.39, 0.29) is 30.8 Å². The molecule has 2 fully saturated rings. The second-order valence-electron chi connectivity index (χ2n) is 13.9. The Morgan fingerprint density at radius 2 is 1.65 bits per heavy atom. The molecule has 2 N–H and O–H groups in total. The number of aryl methyl sites for hydroxylation is 1. The summed E-state index contributed by atoms with van der Waals surface area (Å²) in [4.78, 5) is 74.2. The number of rotatable bonds is 11. The van der Waals surface area contributed by atoms with Gasteiger partial charge < -0.3 is 25.2 Å². The zero-order valence-corrected chi connectivity index (χ0v) is 28.3. The fourth-order valence-corrected chi connectivity index (χ4v) is 5.98. The summed E-state index contributed by atoms with van der Waals surface area (Å²) in [5.41, 5.74) is -2.82. The highest BCUT2D eigenvalue weighted by molar-refractivity contribution is 6.08. The van der Waals surface area contributed by atoms with Crippen LogP contribution in [0.4, 0.5) is 22.8 Å². The van der Waals surface area contributed by atoms with Crippen molar-refractivity contribution in [1.29, 1.82) is 0 Å². The third-order valence-electron chi connectivity index (χ3n) is 8.30. The fourth-order valence-electron chi connectivity index (χ4n) is 5.98. The Bertz CT molecular complexity index is 1530. The monoisotopic (exact) mass is 688 g/mol. The molecule has 0 spiro atoms. The first-order valence-corrected chi connectivity index (χ1v) is 16.1. The lowest BCUT2D eigenvalue weighted by Gasteiger charge is -2.45. The molecule has 2 saturated heterocycles. The molecule has 49 heavy (non-hydrogen) atoms. The van der Waals surface area contributed by atoms with Gasteiger partial charge in [0.25, 0.3) is 5.91 Å². The number of alkyl carbamates (subject to hydrolysis) is 1. The first-order valence-electron chi connectivity index (χ1n) is 16.1. The van der Waals surface area contributed by atoms with Gasteiger partial charge in [-0.3, -0.25) is 24.3 Å². The molecular formula is C34H43F3N6O6. The maximum atomic E-state index is 14.3. The van der Waals surface area contributed by atoms with E-state index in [2.05, 4.69) is 15.6 Å². The fraction of sp³-hybridized carbons (Fsp3) is 0.529. The third-order valence-corrected chi connectivity index (χ3v) is 8.30. The number of hydrogen-bond donors (Lipinski definition) is 2. The minimum absolute atomic E-state index is 0.0910. The molecule has 4 rings (SSSR count). The maximum Gasteiger partial charge on any atom is 0.408 e. The summed E-state index contributed by atoms with van der Waals surface area (Å²) in [6.45, 7) is 5.45. The Labute approximate surface area is 283 Å². The largest absolute Gasteiger partial charge is 0.444 e. The van der Waals surface area contributed by atoms with Crippen molar-refractivity contribution >= 4 is 29.8 Å². The van der Waals surface area contributed by atoms with E-state index < -0.39 is 71.8 Å². The molecule has 2 atom stereocenters. The Balaban J connectivity index is 1.61. The SMILES string of the molecule is CC(C)(C)OC(=O)NC(C)(C)C(=O)N[C@H](CCCc1ccccc1)C(=O)N1CCN2C(=O)N(CC(F)(F)F)C(=O)[C@]2(Cc2ccccn2)C1. The van der Waals surface area contributed by atoms with Crippen LogP contribution < -0.4 is 10.6 Å². The number of imide groups is 1. The molecule has 3 heterocycles. The molecule has 1 aromatic heterocycles. The summed E-state index contributed by atoms with van der Waals surface area (Å²) in [6, 6.07) is 12.1. The van der Waals surface area contributed by atoms with Crippen molar-refractivity contribution in [1.82, 2.24) is 30.3 Å². The number of carbonyl (C=O) groups excluding carboxylic acids is 5. The number of benzene rings is 1. The Kier molecular flexibility index (Phi) is 10.9. The molecule has 1 aromatic carbocycles. The van der Waals surface area contributed by atoms with E-state index in [1.807, 2.05) is 30.3 Å². The predicted molar refractivity (Wildman–Crippen MR) is 172 cm³/mol. The van der Waals surface area contributed by atoms with Crippen molar-refractivity contribution in [3.8, 4) is 0 Å². The molecule has 2 aliphatic rings. The van der Waals surface area contributed by atoms with Crippen LogP contribution in [0.3, 0.4) is 0 Å². The van der Waals surface area contributed by atoms with Crippen molar-refractivity contribution in [2.24, 2.45) is 0 Å². The van der Waals surface area contributed by atoms with Crippen LogP contribution in [0.1, 0.15) is 58.7 Å². The summed E-state index contributed by atoms with van der Waals surface area (Å²) in [5, 5.41) is 5.28. The number of piperazine rings is 1. The number of amides is 6. The molecule has 2 aromatic rings. The van der Waals surface area contributed by atoms with Crippen LogP contribution in [0.25, 0.3) is 0 Å². The number of nitrogens with zero attached hydrogens (tertiary/aromatic N) is 4. The van der Waals surface area contributed by atoms with Gasteiger partial charge in [0.2, 0.25) is 11.8 Å². The molecule has 12 nitrogen and oxygen atoms in total. The van der Waals surface area contributed by atoms with Gasteiger partial charge in [-0.2, -0.15) is 13.2 Å². The molecule has 0 saturated carbocycles. The van der Waals surface area contributed by atoms with E-state index in [0.717, 1.165) is 10.5 Å². The predicted octanol–water partition coefficient (Wildman–Crippen LogP) is 3.84. The van der Waals surface area contributed by atoms with Crippen LogP contribution in [0.2, 0.25) is 0 Å². The first-order chi connectivity index (χ1) is 22.8. The van der Waals surface area contributed by atoms with Gasteiger partial charge in [-0.25, -0.2) is 9.59 Å². The van der Waals surface area contributed by atoms with E-state index in [4.69, 9.17) is 4.74 Å². The Morgan fingerprint density at radius 1 is 0.980 bits per heavy atom. The molecule has 0 bridgehead atoms. The molecule has 0 radical (unpaired) electrons. The highest BCUT2D eigenvalue weighted by atomic mass is 19.4. The average Bonchev–Trinajstić information content (AvgIpc) is 3.19. The van der Waals surface area contributed by atoms with Gasteiger partial charge in [0, 0.05) is 31.4 Å². The number of aromatic nitrogens is 1. The van der Waals surface area contributed by atoms with Crippen molar-refractivity contribution in [2.45, 2.75) is 89.2 Å². The summed E-state index contributed by atoms with van der Waals surface area (Å²) in [7, 11) is 0. The molecular weight excluding hydrogens is 645 g/mol. The highest BCUT2D eigenvalue weighted by Gasteiger charge is 2.61. The Morgan fingerprint density at radius 3 is 2.27 bits per heavy atom. The smallest absolute Gasteiger partial charge is 0.408 e. The van der Waals surface area contributed by atoms with Gasteiger partial charge in [-0.1, -0.05) is 36.4 Å². The second-order valence-corrected chi connectivity index (χ2v) is 13.9. The lowest BCUT2D eigenvalue weighted by Crippen LogP contribution is -2.67. The number of hydrogen-bond acceptors (Lipinski definition) is 7. The number of urea groups is 1. The number of carbonyl (C=O) groups is 5. The molecule has 15 heteroatoms. The molecule has 0 unspecified atom stereocenters. The minimum Gasteiger partial charge on any atom is -0.444 e. The average molecular weight is 689 g/mol. The molecule has 6 amide bonds. The lowest BCUT2D eigenvalue weighted by atomic mass is 9.88. The maximum absolute atomic E-state index is 14.3. The van der Waals surface area contributed by atoms with E-state index in [1.165, 1.54) is 24.9 Å². The van der Waals surface area contributed by atoms with Crippen molar-refractivity contribution in [3.63, 3.8) is 0 Å². The lowest BCUT2D eigenvalue weighted by molar-refractivity contribution is -0.157. The normalized spacial score (nSPS) is 19.0. The molecule has 0 aliphatic carbocycles. The van der Waals surface area contributed by atoms with Crippen molar-refractivity contribution in [2.75, 3.05) is 26.2 Å². The number of nitrogens with one attached hydrogen (secondary N) is 2. The molecule has 266 valence electrons. The number of pyridine rings is 1. The number of halogens is 3. The summed E-state index contributed by atoms with van der Waals surface area (Å²) >= 11 is 0.